The number of fused-ring (bicyclic) bond motifs is 1. The fraction of sp³-hybridized carbons (Fsp3) is 0.222. The van der Waals surface area contributed by atoms with Crippen LogP contribution in [0.5, 0.6) is 0 Å². The molecule has 1 heterocycles. The van der Waals surface area contributed by atoms with Gasteiger partial charge in [-0.3, -0.25) is 14.2 Å². The summed E-state index contributed by atoms with van der Waals surface area (Å²) >= 11 is 7.56. The number of unbranched alkanes of at least 4 members (excludes halogenated alkanes) is 1. The number of benzene rings is 3. The molecule has 0 unspecified atom stereocenters. The highest BCUT2D eigenvalue weighted by atomic mass is 35.5. The minimum Gasteiger partial charge on any atom is -0.325 e. The number of carbonyl (C=O) groups is 1. The molecule has 0 aliphatic rings. The fourth-order valence-corrected chi connectivity index (χ4v) is 4.61. The van der Waals surface area contributed by atoms with Crippen molar-refractivity contribution < 1.29 is 4.79 Å². The van der Waals surface area contributed by atoms with Gasteiger partial charge in [0, 0.05) is 10.7 Å². The van der Waals surface area contributed by atoms with Crippen LogP contribution in [-0.4, -0.2) is 21.2 Å². The van der Waals surface area contributed by atoms with E-state index in [0.717, 1.165) is 30.5 Å². The average molecular weight is 492 g/mol. The van der Waals surface area contributed by atoms with E-state index in [0.29, 0.717) is 26.8 Å². The van der Waals surface area contributed by atoms with Crippen molar-refractivity contribution in [3.63, 3.8) is 0 Å². The summed E-state index contributed by atoms with van der Waals surface area (Å²) in [6.07, 6.45) is 3.34. The summed E-state index contributed by atoms with van der Waals surface area (Å²) in [6.45, 7) is 4.08. The zero-order valence-corrected chi connectivity index (χ0v) is 20.7. The number of hydrogen-bond donors (Lipinski definition) is 1. The summed E-state index contributed by atoms with van der Waals surface area (Å²) in [5, 5.41) is 4.44. The molecule has 1 N–H and O–H groups in total. The Hall–Kier alpha value is -3.09. The normalized spacial score (nSPS) is 11.0. The number of aromatic nitrogens is 2. The first-order valence-electron chi connectivity index (χ1n) is 11.3. The summed E-state index contributed by atoms with van der Waals surface area (Å²) in [4.78, 5) is 30.7. The molecule has 34 heavy (non-hydrogen) atoms. The number of carbonyl (C=O) groups excluding carboxylic acids is 1. The number of para-hydroxylation sites is 1. The van der Waals surface area contributed by atoms with Gasteiger partial charge in [0.2, 0.25) is 5.91 Å². The number of aryl methyl sites for hydroxylation is 2. The van der Waals surface area contributed by atoms with E-state index >= 15 is 0 Å². The molecule has 0 aliphatic carbocycles. The molecule has 3 aromatic carbocycles. The number of rotatable bonds is 8. The Morgan fingerprint density at radius 1 is 1.09 bits per heavy atom. The minimum absolute atomic E-state index is 0.113. The number of halogens is 1. The number of amides is 1. The van der Waals surface area contributed by atoms with E-state index in [2.05, 4.69) is 17.2 Å². The summed E-state index contributed by atoms with van der Waals surface area (Å²) in [5.41, 5.74) is 3.94. The van der Waals surface area contributed by atoms with E-state index in [9.17, 15) is 9.59 Å². The lowest BCUT2D eigenvalue weighted by molar-refractivity contribution is -0.113. The van der Waals surface area contributed by atoms with Gasteiger partial charge in [0.15, 0.2) is 5.16 Å². The van der Waals surface area contributed by atoms with E-state index in [1.807, 2.05) is 55.5 Å². The highest BCUT2D eigenvalue weighted by molar-refractivity contribution is 7.99. The Balaban J connectivity index is 1.58. The molecule has 1 amide bonds. The molecule has 5 nitrogen and oxygen atoms in total. The third-order valence-corrected chi connectivity index (χ3v) is 6.89. The number of thioether (sulfide) groups is 1. The highest BCUT2D eigenvalue weighted by Gasteiger charge is 2.15. The lowest BCUT2D eigenvalue weighted by Gasteiger charge is -2.14. The predicted molar refractivity (Wildman–Crippen MR) is 141 cm³/mol. The molecule has 0 saturated carbocycles. The van der Waals surface area contributed by atoms with Crippen LogP contribution in [0.1, 0.15) is 30.9 Å². The van der Waals surface area contributed by atoms with Gasteiger partial charge in [0.05, 0.1) is 22.3 Å². The Bertz CT molecular complexity index is 1380. The second-order valence-electron chi connectivity index (χ2n) is 8.12. The van der Waals surface area contributed by atoms with Crippen LogP contribution in [0.15, 0.2) is 76.7 Å². The molecular formula is C27H26ClN3O2S. The van der Waals surface area contributed by atoms with E-state index in [-0.39, 0.29) is 17.2 Å². The lowest BCUT2D eigenvalue weighted by atomic mass is 10.1. The molecule has 174 valence electrons. The van der Waals surface area contributed by atoms with Gasteiger partial charge < -0.3 is 5.32 Å². The first-order chi connectivity index (χ1) is 16.5. The van der Waals surface area contributed by atoms with Crippen molar-refractivity contribution >= 4 is 45.9 Å². The molecule has 0 atom stereocenters. The van der Waals surface area contributed by atoms with Crippen molar-refractivity contribution in [3.8, 4) is 5.69 Å². The van der Waals surface area contributed by atoms with Gasteiger partial charge >= 0.3 is 0 Å². The lowest BCUT2D eigenvalue weighted by Crippen LogP contribution is -2.23. The standard InChI is InChI=1S/C27H26ClN3O2S/c1-3-4-7-19-11-13-20(14-12-19)29-25(32)17-34-27-30-24-9-6-5-8-22(24)26(33)31(27)21-15-10-18(2)23(28)16-21/h5-6,8-16H,3-4,7,17H2,1-2H3,(H,29,32). The number of hydrogen-bond acceptors (Lipinski definition) is 4. The molecule has 7 heteroatoms. The molecule has 0 radical (unpaired) electrons. The molecule has 0 saturated heterocycles. The fourth-order valence-electron chi connectivity index (χ4n) is 3.62. The molecular weight excluding hydrogens is 466 g/mol. The van der Waals surface area contributed by atoms with Gasteiger partial charge in [0.25, 0.3) is 5.56 Å². The third-order valence-electron chi connectivity index (χ3n) is 5.55. The highest BCUT2D eigenvalue weighted by Crippen LogP contribution is 2.25. The second kappa shape index (κ2) is 10.9. The van der Waals surface area contributed by atoms with Crippen LogP contribution in [0.4, 0.5) is 5.69 Å². The molecule has 0 fully saturated rings. The molecule has 1 aromatic heterocycles. The quantitative estimate of drug-likeness (QED) is 0.228. The first-order valence-corrected chi connectivity index (χ1v) is 12.6. The topological polar surface area (TPSA) is 64.0 Å². The number of nitrogens with zero attached hydrogens (tertiary/aromatic N) is 2. The molecule has 0 aliphatic heterocycles. The Morgan fingerprint density at radius 3 is 2.59 bits per heavy atom. The molecule has 4 rings (SSSR count). The first kappa shape index (κ1) is 24.0. The maximum Gasteiger partial charge on any atom is 0.266 e. The van der Waals surface area contributed by atoms with Gasteiger partial charge in [-0.05, 0) is 67.3 Å². The van der Waals surface area contributed by atoms with Crippen molar-refractivity contribution in [2.45, 2.75) is 38.3 Å². The summed E-state index contributed by atoms with van der Waals surface area (Å²) in [5.74, 6) is -0.0516. The van der Waals surface area contributed by atoms with Crippen molar-refractivity contribution in [2.75, 3.05) is 11.1 Å². The average Bonchev–Trinajstić information content (AvgIpc) is 2.84. The summed E-state index contributed by atoms with van der Waals surface area (Å²) < 4.78 is 1.52. The second-order valence-corrected chi connectivity index (χ2v) is 9.47. The zero-order valence-electron chi connectivity index (χ0n) is 19.2. The van der Waals surface area contributed by atoms with Gasteiger partial charge in [-0.2, -0.15) is 0 Å². The summed E-state index contributed by atoms with van der Waals surface area (Å²) in [7, 11) is 0. The largest absolute Gasteiger partial charge is 0.325 e. The number of nitrogens with one attached hydrogen (secondary N) is 1. The van der Waals surface area contributed by atoms with Crippen molar-refractivity contribution in [3.05, 3.63) is 93.2 Å². The zero-order chi connectivity index (χ0) is 24.1. The van der Waals surface area contributed by atoms with Crippen molar-refractivity contribution in [1.82, 2.24) is 9.55 Å². The van der Waals surface area contributed by atoms with Crippen LogP contribution in [0.25, 0.3) is 16.6 Å². The Morgan fingerprint density at radius 2 is 1.85 bits per heavy atom. The van der Waals surface area contributed by atoms with E-state index in [1.165, 1.54) is 21.9 Å². The van der Waals surface area contributed by atoms with E-state index < -0.39 is 0 Å². The number of anilines is 1. The smallest absolute Gasteiger partial charge is 0.266 e. The van der Waals surface area contributed by atoms with Crippen molar-refractivity contribution in [1.29, 1.82) is 0 Å². The van der Waals surface area contributed by atoms with Crippen LogP contribution in [-0.2, 0) is 11.2 Å². The molecule has 4 aromatic rings. The third kappa shape index (κ3) is 5.51. The van der Waals surface area contributed by atoms with Crippen LogP contribution in [0, 0.1) is 6.92 Å². The molecule has 0 spiro atoms. The van der Waals surface area contributed by atoms with E-state index in [1.54, 1.807) is 18.2 Å². The maximum atomic E-state index is 13.4. The van der Waals surface area contributed by atoms with Gasteiger partial charge in [0.1, 0.15) is 0 Å². The van der Waals surface area contributed by atoms with Crippen LogP contribution in [0.2, 0.25) is 5.02 Å². The SMILES string of the molecule is CCCCc1ccc(NC(=O)CSc2nc3ccccc3c(=O)n2-c2ccc(C)c(Cl)c2)cc1. The van der Waals surface area contributed by atoms with Crippen molar-refractivity contribution in [2.24, 2.45) is 0 Å². The van der Waals surface area contributed by atoms with Crippen LogP contribution >= 0.6 is 23.4 Å². The Kier molecular flexibility index (Phi) is 7.70. The summed E-state index contributed by atoms with van der Waals surface area (Å²) in [6, 6.07) is 20.6. The van der Waals surface area contributed by atoms with Gasteiger partial charge in [-0.25, -0.2) is 4.98 Å². The van der Waals surface area contributed by atoms with E-state index in [4.69, 9.17) is 11.6 Å². The van der Waals surface area contributed by atoms with Crippen LogP contribution in [0.3, 0.4) is 0 Å². The van der Waals surface area contributed by atoms with Crippen LogP contribution < -0.4 is 10.9 Å². The van der Waals surface area contributed by atoms with Gasteiger partial charge in [-0.1, -0.05) is 67.0 Å². The molecule has 0 bridgehead atoms. The van der Waals surface area contributed by atoms with Gasteiger partial charge in [-0.15, -0.1) is 0 Å². The minimum atomic E-state index is -0.198. The Labute approximate surface area is 208 Å². The predicted octanol–water partition coefficient (Wildman–Crippen LogP) is 6.42. The maximum absolute atomic E-state index is 13.4. The monoisotopic (exact) mass is 491 g/mol.